The molecule has 0 saturated carbocycles. The van der Waals surface area contributed by atoms with E-state index in [1.807, 2.05) is 24.3 Å². The second-order valence-corrected chi connectivity index (χ2v) is 7.06. The molecule has 1 N–H and O–H groups in total. The van der Waals surface area contributed by atoms with Gasteiger partial charge in [-0.1, -0.05) is 41.4 Å². The number of hydrogen-bond donors (Lipinski definition) is 1. The second kappa shape index (κ2) is 7.55. The predicted molar refractivity (Wildman–Crippen MR) is 105 cm³/mol. The maximum atomic E-state index is 12.3. The number of halogens is 3. The molecule has 7 heteroatoms. The summed E-state index contributed by atoms with van der Waals surface area (Å²) < 4.78 is 2.62. The first kappa shape index (κ1) is 17.3. The van der Waals surface area contributed by atoms with Gasteiger partial charge < -0.3 is 5.32 Å². The summed E-state index contributed by atoms with van der Waals surface area (Å²) in [6, 6.07) is 14.6. The molecule has 0 fully saturated rings. The molecule has 0 aliphatic heterocycles. The maximum Gasteiger partial charge on any atom is 0.257 e. The normalized spacial score (nSPS) is 10.6. The van der Waals surface area contributed by atoms with Crippen molar-refractivity contribution in [1.29, 1.82) is 0 Å². The monoisotopic (exact) mass is 471 g/mol. The molecule has 0 radical (unpaired) electrons. The molecule has 0 bridgehead atoms. The molecule has 3 aromatic rings. The van der Waals surface area contributed by atoms with Crippen molar-refractivity contribution in [3.05, 3.63) is 79.5 Å². The van der Waals surface area contributed by atoms with Crippen LogP contribution in [-0.2, 0) is 6.54 Å². The van der Waals surface area contributed by atoms with Gasteiger partial charge in [-0.15, -0.1) is 0 Å². The topological polar surface area (TPSA) is 46.9 Å². The number of carbonyl (C=O) groups excluding carboxylic acids is 1. The largest absolute Gasteiger partial charge is 0.305 e. The minimum Gasteiger partial charge on any atom is -0.305 e. The average molecular weight is 472 g/mol. The lowest BCUT2D eigenvalue weighted by Gasteiger charge is -2.05. The van der Waals surface area contributed by atoms with E-state index < -0.39 is 0 Å². The number of rotatable bonds is 4. The van der Waals surface area contributed by atoms with Crippen molar-refractivity contribution in [3.8, 4) is 0 Å². The number of amides is 1. The Kier molecular flexibility index (Phi) is 5.43. The Morgan fingerprint density at radius 2 is 1.92 bits per heavy atom. The first-order chi connectivity index (χ1) is 11.5. The first-order valence-corrected chi connectivity index (χ1v) is 8.89. The summed E-state index contributed by atoms with van der Waals surface area (Å²) in [4.78, 5) is 12.3. The highest BCUT2D eigenvalue weighted by atomic mass is 127. The summed E-state index contributed by atoms with van der Waals surface area (Å²) >= 11 is 14.1. The summed E-state index contributed by atoms with van der Waals surface area (Å²) in [7, 11) is 0. The van der Waals surface area contributed by atoms with E-state index in [4.69, 9.17) is 23.2 Å². The van der Waals surface area contributed by atoms with Crippen LogP contribution in [0.3, 0.4) is 0 Å². The predicted octanol–water partition coefficient (Wildman–Crippen LogP) is 5.10. The number of carbonyl (C=O) groups is 1. The van der Waals surface area contributed by atoms with Crippen molar-refractivity contribution in [1.82, 2.24) is 9.78 Å². The zero-order valence-electron chi connectivity index (χ0n) is 12.3. The number of nitrogens with zero attached hydrogens (tertiary/aromatic N) is 2. The van der Waals surface area contributed by atoms with Crippen molar-refractivity contribution in [2.45, 2.75) is 6.54 Å². The number of aromatic nitrogens is 2. The molecule has 24 heavy (non-hydrogen) atoms. The third kappa shape index (κ3) is 4.09. The molecule has 1 heterocycles. The van der Waals surface area contributed by atoms with E-state index in [2.05, 4.69) is 33.0 Å². The van der Waals surface area contributed by atoms with Crippen LogP contribution in [0, 0.1) is 3.57 Å². The summed E-state index contributed by atoms with van der Waals surface area (Å²) in [5.74, 6) is 0.319. The quantitative estimate of drug-likeness (QED) is 0.538. The molecule has 2 aromatic carbocycles. The fraction of sp³-hybridized carbons (Fsp3) is 0.0588. The van der Waals surface area contributed by atoms with Gasteiger partial charge in [0.25, 0.3) is 5.91 Å². The fourth-order valence-corrected chi connectivity index (χ4v) is 3.12. The zero-order valence-corrected chi connectivity index (χ0v) is 16.0. The van der Waals surface area contributed by atoms with Gasteiger partial charge in [0.05, 0.1) is 22.2 Å². The summed E-state index contributed by atoms with van der Waals surface area (Å²) in [5.41, 5.74) is 1.60. The number of nitrogens with one attached hydrogen (secondary N) is 1. The highest BCUT2D eigenvalue weighted by molar-refractivity contribution is 14.1. The van der Waals surface area contributed by atoms with Crippen LogP contribution in [0.25, 0.3) is 0 Å². The van der Waals surface area contributed by atoms with Crippen LogP contribution in [0.1, 0.15) is 15.9 Å². The van der Waals surface area contributed by atoms with E-state index in [1.165, 1.54) is 0 Å². The first-order valence-electron chi connectivity index (χ1n) is 7.06. The molecule has 122 valence electrons. The van der Waals surface area contributed by atoms with Gasteiger partial charge in [-0.05, 0) is 52.4 Å². The molecular formula is C17H12Cl2IN3O. The van der Waals surface area contributed by atoms with E-state index in [-0.39, 0.29) is 5.91 Å². The van der Waals surface area contributed by atoms with Crippen molar-refractivity contribution in [2.24, 2.45) is 0 Å². The third-order valence-electron chi connectivity index (χ3n) is 3.33. The zero-order chi connectivity index (χ0) is 17.1. The van der Waals surface area contributed by atoms with Crippen LogP contribution in [0.15, 0.2) is 54.7 Å². The van der Waals surface area contributed by atoms with Crippen LogP contribution >= 0.6 is 45.8 Å². The van der Waals surface area contributed by atoms with Crippen LogP contribution in [0.5, 0.6) is 0 Å². The Bertz CT molecular complexity index is 895. The van der Waals surface area contributed by atoms with E-state index in [0.717, 1.165) is 9.13 Å². The maximum absolute atomic E-state index is 12.3. The van der Waals surface area contributed by atoms with Gasteiger partial charge >= 0.3 is 0 Å². The van der Waals surface area contributed by atoms with Crippen LogP contribution in [0.4, 0.5) is 5.82 Å². The number of hydrogen-bond acceptors (Lipinski definition) is 2. The van der Waals surface area contributed by atoms with E-state index in [9.17, 15) is 4.79 Å². The Labute approximate surface area is 162 Å². The van der Waals surface area contributed by atoms with Gasteiger partial charge in [0.15, 0.2) is 5.82 Å². The minimum atomic E-state index is -0.181. The third-order valence-corrected chi connectivity index (χ3v) is 5.01. The summed E-state index contributed by atoms with van der Waals surface area (Å²) in [6.07, 6.45) is 1.80. The van der Waals surface area contributed by atoms with E-state index in [0.29, 0.717) is 28.0 Å². The molecule has 0 saturated heterocycles. The lowest BCUT2D eigenvalue weighted by molar-refractivity contribution is 0.102. The molecular weight excluding hydrogens is 460 g/mol. The van der Waals surface area contributed by atoms with Gasteiger partial charge in [0.2, 0.25) is 0 Å². The van der Waals surface area contributed by atoms with Gasteiger partial charge in [-0.2, -0.15) is 5.10 Å². The molecule has 4 nitrogen and oxygen atoms in total. The molecule has 0 aliphatic rings. The van der Waals surface area contributed by atoms with Crippen LogP contribution < -0.4 is 5.32 Å². The van der Waals surface area contributed by atoms with Gasteiger partial charge in [-0.3, -0.25) is 9.48 Å². The molecule has 0 atom stereocenters. The fourth-order valence-electron chi connectivity index (χ4n) is 2.17. The highest BCUT2D eigenvalue weighted by Crippen LogP contribution is 2.23. The molecule has 0 aliphatic carbocycles. The van der Waals surface area contributed by atoms with E-state index >= 15 is 0 Å². The lowest BCUT2D eigenvalue weighted by atomic mass is 10.2. The van der Waals surface area contributed by atoms with Gasteiger partial charge in [0, 0.05) is 15.8 Å². The van der Waals surface area contributed by atoms with Crippen molar-refractivity contribution >= 4 is 57.5 Å². The Hall–Kier alpha value is -1.57. The lowest BCUT2D eigenvalue weighted by Crippen LogP contribution is -2.14. The van der Waals surface area contributed by atoms with Crippen molar-refractivity contribution < 1.29 is 4.79 Å². The molecule has 0 unspecified atom stereocenters. The van der Waals surface area contributed by atoms with Crippen molar-refractivity contribution in [2.75, 3.05) is 5.32 Å². The standard InChI is InChI=1S/C17H12Cl2IN3O/c18-13-6-5-11(9-14(13)19)10-23-8-7-16(22-23)21-17(24)12-3-1-2-4-15(12)20/h1-9H,10H2,(H,21,22,24). The van der Waals surface area contributed by atoms with Crippen molar-refractivity contribution in [3.63, 3.8) is 0 Å². The minimum absolute atomic E-state index is 0.181. The molecule has 1 amide bonds. The smallest absolute Gasteiger partial charge is 0.257 e. The Morgan fingerprint density at radius 3 is 2.67 bits per heavy atom. The number of benzene rings is 2. The number of anilines is 1. The highest BCUT2D eigenvalue weighted by Gasteiger charge is 2.11. The Balaban J connectivity index is 1.70. The van der Waals surface area contributed by atoms with Gasteiger partial charge in [0.1, 0.15) is 0 Å². The molecule has 0 spiro atoms. The summed E-state index contributed by atoms with van der Waals surface area (Å²) in [6.45, 7) is 0.537. The van der Waals surface area contributed by atoms with Gasteiger partial charge in [-0.25, -0.2) is 0 Å². The summed E-state index contributed by atoms with van der Waals surface area (Å²) in [5, 5.41) is 8.19. The molecule has 1 aromatic heterocycles. The molecule has 3 rings (SSSR count). The van der Waals surface area contributed by atoms with E-state index in [1.54, 1.807) is 35.1 Å². The average Bonchev–Trinajstić information content (AvgIpc) is 2.98. The van der Waals surface area contributed by atoms with Crippen LogP contribution in [0.2, 0.25) is 10.0 Å². The SMILES string of the molecule is O=C(Nc1ccn(Cc2ccc(Cl)c(Cl)c2)n1)c1ccccc1I. The van der Waals surface area contributed by atoms with Crippen LogP contribution in [-0.4, -0.2) is 15.7 Å². The second-order valence-electron chi connectivity index (χ2n) is 5.08. The Morgan fingerprint density at radius 1 is 1.12 bits per heavy atom.